The average molecular weight is 347 g/mol. The standard InChI is InChI=1S/C13H14N4OS.2ClH/c18-12(7-15-9-4-5-9)17-13-16-11(8-19-13)10-3-1-2-6-14-10;;/h1-3,6,8-9,15H,4-5,7H2,(H,16,17,18);2*1H. The summed E-state index contributed by atoms with van der Waals surface area (Å²) in [6.07, 6.45) is 4.08. The fourth-order valence-corrected chi connectivity index (χ4v) is 2.37. The molecule has 114 valence electrons. The number of amides is 1. The lowest BCUT2D eigenvalue weighted by Gasteiger charge is -2.02. The highest BCUT2D eigenvalue weighted by Crippen LogP contribution is 2.23. The Morgan fingerprint density at radius 2 is 2.10 bits per heavy atom. The number of anilines is 1. The monoisotopic (exact) mass is 346 g/mol. The van der Waals surface area contributed by atoms with Crippen molar-refractivity contribution < 1.29 is 4.79 Å². The van der Waals surface area contributed by atoms with E-state index in [-0.39, 0.29) is 30.7 Å². The van der Waals surface area contributed by atoms with Gasteiger partial charge in [0.1, 0.15) is 5.69 Å². The molecule has 5 nitrogen and oxygen atoms in total. The third-order valence-corrected chi connectivity index (χ3v) is 3.56. The van der Waals surface area contributed by atoms with E-state index >= 15 is 0 Å². The Morgan fingerprint density at radius 1 is 1.29 bits per heavy atom. The van der Waals surface area contributed by atoms with Gasteiger partial charge < -0.3 is 10.6 Å². The van der Waals surface area contributed by atoms with Gasteiger partial charge in [0.25, 0.3) is 0 Å². The molecule has 0 spiro atoms. The van der Waals surface area contributed by atoms with Crippen LogP contribution in [-0.2, 0) is 4.79 Å². The van der Waals surface area contributed by atoms with E-state index in [1.807, 2.05) is 23.6 Å². The van der Waals surface area contributed by atoms with Crippen LogP contribution < -0.4 is 10.6 Å². The molecule has 2 heterocycles. The van der Waals surface area contributed by atoms with E-state index < -0.39 is 0 Å². The van der Waals surface area contributed by atoms with Crippen LogP contribution in [0.25, 0.3) is 11.4 Å². The van der Waals surface area contributed by atoms with Crippen molar-refractivity contribution >= 4 is 47.2 Å². The molecule has 0 atom stereocenters. The molecule has 2 aromatic rings. The predicted molar refractivity (Wildman–Crippen MR) is 89.5 cm³/mol. The number of nitrogens with one attached hydrogen (secondary N) is 2. The van der Waals surface area contributed by atoms with E-state index in [4.69, 9.17) is 0 Å². The number of aromatic nitrogens is 2. The molecule has 1 fully saturated rings. The maximum atomic E-state index is 11.7. The summed E-state index contributed by atoms with van der Waals surface area (Å²) in [5.74, 6) is -0.0474. The second-order valence-corrected chi connectivity index (χ2v) is 5.31. The second kappa shape index (κ2) is 8.29. The van der Waals surface area contributed by atoms with Crippen molar-refractivity contribution in [2.24, 2.45) is 0 Å². The summed E-state index contributed by atoms with van der Waals surface area (Å²) in [4.78, 5) is 20.3. The summed E-state index contributed by atoms with van der Waals surface area (Å²) in [5, 5.41) is 8.47. The van der Waals surface area contributed by atoms with Gasteiger partial charge in [-0.3, -0.25) is 9.78 Å². The van der Waals surface area contributed by atoms with Crippen LogP contribution in [0.4, 0.5) is 5.13 Å². The molecule has 1 saturated carbocycles. The molecular weight excluding hydrogens is 331 g/mol. The minimum absolute atomic E-state index is 0. The molecular formula is C13H16Cl2N4OS. The lowest BCUT2D eigenvalue weighted by Crippen LogP contribution is -2.29. The number of thiazole rings is 1. The Balaban J connectivity index is 0.00000110. The molecule has 0 aliphatic heterocycles. The summed E-state index contributed by atoms with van der Waals surface area (Å²) < 4.78 is 0. The highest BCUT2D eigenvalue weighted by Gasteiger charge is 2.21. The van der Waals surface area contributed by atoms with Gasteiger partial charge in [-0.05, 0) is 25.0 Å². The van der Waals surface area contributed by atoms with Gasteiger partial charge >= 0.3 is 0 Å². The molecule has 3 rings (SSSR count). The van der Waals surface area contributed by atoms with Crippen LogP contribution in [0, 0.1) is 0 Å². The molecule has 8 heteroatoms. The van der Waals surface area contributed by atoms with Gasteiger partial charge in [-0.2, -0.15) is 0 Å². The average Bonchev–Trinajstić information content (AvgIpc) is 3.16. The Morgan fingerprint density at radius 3 is 2.76 bits per heavy atom. The minimum Gasteiger partial charge on any atom is -0.306 e. The number of carbonyl (C=O) groups excluding carboxylic acids is 1. The van der Waals surface area contributed by atoms with Crippen LogP contribution in [0.5, 0.6) is 0 Å². The van der Waals surface area contributed by atoms with Gasteiger partial charge in [0.15, 0.2) is 5.13 Å². The van der Waals surface area contributed by atoms with Gasteiger partial charge in [0, 0.05) is 17.6 Å². The van der Waals surface area contributed by atoms with E-state index in [1.165, 1.54) is 24.2 Å². The summed E-state index contributed by atoms with van der Waals surface area (Å²) in [7, 11) is 0. The lowest BCUT2D eigenvalue weighted by molar-refractivity contribution is -0.115. The molecule has 2 aromatic heterocycles. The van der Waals surface area contributed by atoms with Gasteiger partial charge in [-0.1, -0.05) is 6.07 Å². The van der Waals surface area contributed by atoms with E-state index in [0.29, 0.717) is 17.7 Å². The quantitative estimate of drug-likeness (QED) is 0.873. The van der Waals surface area contributed by atoms with Gasteiger partial charge in [-0.25, -0.2) is 4.98 Å². The van der Waals surface area contributed by atoms with Crippen molar-refractivity contribution in [3.05, 3.63) is 29.8 Å². The van der Waals surface area contributed by atoms with Crippen LogP contribution in [0.3, 0.4) is 0 Å². The van der Waals surface area contributed by atoms with Crippen LogP contribution in [-0.4, -0.2) is 28.5 Å². The number of carbonyl (C=O) groups is 1. The molecule has 0 aromatic carbocycles. The largest absolute Gasteiger partial charge is 0.306 e. The molecule has 21 heavy (non-hydrogen) atoms. The summed E-state index contributed by atoms with van der Waals surface area (Å²) in [6, 6.07) is 6.21. The molecule has 2 N–H and O–H groups in total. The maximum absolute atomic E-state index is 11.7. The molecule has 1 amide bonds. The van der Waals surface area contributed by atoms with Crippen LogP contribution in [0.15, 0.2) is 29.8 Å². The van der Waals surface area contributed by atoms with Gasteiger partial charge in [0.05, 0.1) is 12.2 Å². The molecule has 1 aliphatic carbocycles. The second-order valence-electron chi connectivity index (χ2n) is 4.46. The van der Waals surface area contributed by atoms with E-state index in [1.54, 1.807) is 6.20 Å². The third kappa shape index (κ3) is 5.24. The van der Waals surface area contributed by atoms with E-state index in [2.05, 4.69) is 20.6 Å². The first-order valence-corrected chi connectivity index (χ1v) is 7.09. The molecule has 1 aliphatic rings. The third-order valence-electron chi connectivity index (χ3n) is 2.81. The highest BCUT2D eigenvalue weighted by atomic mass is 35.5. The first kappa shape index (κ1) is 17.8. The fraction of sp³-hybridized carbons (Fsp3) is 0.308. The number of rotatable bonds is 5. The van der Waals surface area contributed by atoms with Crippen molar-refractivity contribution in [2.45, 2.75) is 18.9 Å². The van der Waals surface area contributed by atoms with Crippen molar-refractivity contribution in [2.75, 3.05) is 11.9 Å². The fourth-order valence-electron chi connectivity index (χ4n) is 1.65. The van der Waals surface area contributed by atoms with E-state index in [9.17, 15) is 4.79 Å². The van der Waals surface area contributed by atoms with Crippen molar-refractivity contribution in [1.29, 1.82) is 0 Å². The normalized spacial score (nSPS) is 13.0. The summed E-state index contributed by atoms with van der Waals surface area (Å²) in [5.41, 5.74) is 1.60. The number of hydrogen-bond acceptors (Lipinski definition) is 5. The zero-order valence-electron chi connectivity index (χ0n) is 11.1. The number of nitrogens with zero attached hydrogens (tertiary/aromatic N) is 2. The Hall–Kier alpha value is -1.21. The van der Waals surface area contributed by atoms with Crippen molar-refractivity contribution in [3.8, 4) is 11.4 Å². The predicted octanol–water partition coefficient (Wildman–Crippen LogP) is 2.74. The van der Waals surface area contributed by atoms with Crippen LogP contribution in [0.2, 0.25) is 0 Å². The summed E-state index contributed by atoms with van der Waals surface area (Å²) >= 11 is 1.41. The first-order chi connectivity index (χ1) is 9.31. The molecule has 0 unspecified atom stereocenters. The van der Waals surface area contributed by atoms with Crippen LogP contribution >= 0.6 is 36.2 Å². The number of hydrogen-bond donors (Lipinski definition) is 2. The number of halogens is 2. The lowest BCUT2D eigenvalue weighted by atomic mass is 10.3. The Kier molecular flexibility index (Phi) is 7.04. The van der Waals surface area contributed by atoms with Crippen molar-refractivity contribution in [3.63, 3.8) is 0 Å². The Bertz CT molecular complexity index is 575. The Labute approximate surface area is 139 Å². The summed E-state index contributed by atoms with van der Waals surface area (Å²) in [6.45, 7) is 0.350. The van der Waals surface area contributed by atoms with Gasteiger partial charge in [0.2, 0.25) is 5.91 Å². The number of pyridine rings is 1. The SMILES string of the molecule is Cl.Cl.O=C(CNC1CC1)Nc1nc(-c2ccccn2)cs1. The zero-order valence-corrected chi connectivity index (χ0v) is 13.6. The van der Waals surface area contributed by atoms with Gasteiger partial charge in [-0.15, -0.1) is 36.2 Å². The maximum Gasteiger partial charge on any atom is 0.240 e. The van der Waals surface area contributed by atoms with Crippen molar-refractivity contribution in [1.82, 2.24) is 15.3 Å². The topological polar surface area (TPSA) is 66.9 Å². The van der Waals surface area contributed by atoms with E-state index in [0.717, 1.165) is 11.4 Å². The molecule has 0 bridgehead atoms. The van der Waals surface area contributed by atoms with Crippen LogP contribution in [0.1, 0.15) is 12.8 Å². The highest BCUT2D eigenvalue weighted by molar-refractivity contribution is 7.14. The smallest absolute Gasteiger partial charge is 0.240 e. The molecule has 0 saturated heterocycles. The minimum atomic E-state index is -0.0474. The first-order valence-electron chi connectivity index (χ1n) is 6.21. The zero-order chi connectivity index (χ0) is 13.1. The molecule has 0 radical (unpaired) electrons.